The summed E-state index contributed by atoms with van der Waals surface area (Å²) in [5, 5.41) is 1.35. The highest BCUT2D eigenvalue weighted by Crippen LogP contribution is 2.35. The molecule has 4 rings (SSSR count). The van der Waals surface area contributed by atoms with Crippen molar-refractivity contribution in [3.8, 4) is 0 Å². The summed E-state index contributed by atoms with van der Waals surface area (Å²) >= 11 is 7.18. The first-order valence-electron chi connectivity index (χ1n) is 9.50. The van der Waals surface area contributed by atoms with Crippen molar-refractivity contribution in [1.82, 2.24) is 9.47 Å². The molecule has 0 N–H and O–H groups in total. The molecule has 1 aromatic heterocycles. The van der Waals surface area contributed by atoms with Gasteiger partial charge in [-0.1, -0.05) is 61.8 Å². The predicted molar refractivity (Wildman–Crippen MR) is 120 cm³/mol. The van der Waals surface area contributed by atoms with Gasteiger partial charge in [0.2, 0.25) is 0 Å². The van der Waals surface area contributed by atoms with Gasteiger partial charge in [0.1, 0.15) is 0 Å². The van der Waals surface area contributed by atoms with Crippen molar-refractivity contribution in [2.75, 3.05) is 0 Å². The van der Waals surface area contributed by atoms with Crippen LogP contribution in [0.1, 0.15) is 25.0 Å². The molecule has 148 valence electrons. The third kappa shape index (κ3) is 3.98. The van der Waals surface area contributed by atoms with Crippen LogP contribution in [0, 0.1) is 5.92 Å². The number of fused-ring (bicyclic) bond motifs is 1. The van der Waals surface area contributed by atoms with Gasteiger partial charge in [-0.25, -0.2) is 0 Å². The van der Waals surface area contributed by atoms with Crippen molar-refractivity contribution >= 4 is 51.5 Å². The van der Waals surface area contributed by atoms with Crippen molar-refractivity contribution < 1.29 is 9.59 Å². The summed E-state index contributed by atoms with van der Waals surface area (Å²) in [6.45, 7) is 5.42. The van der Waals surface area contributed by atoms with E-state index in [0.717, 1.165) is 40.3 Å². The molecule has 29 heavy (non-hydrogen) atoms. The molecule has 1 saturated heterocycles. The molecule has 0 spiro atoms. The molecule has 4 nitrogen and oxygen atoms in total. The molecule has 3 aromatic rings. The first-order chi connectivity index (χ1) is 13.9. The molecule has 2 heterocycles. The average Bonchev–Trinajstić information content (AvgIpc) is 3.15. The largest absolute Gasteiger partial charge is 0.347 e. The molecule has 6 heteroatoms. The highest BCUT2D eigenvalue weighted by atomic mass is 35.5. The SMILES string of the molecule is CC(C)Cn1cc(/C=C2\SC(=O)N(Cc3ccccc3Cl)C2=O)c2ccccc21. The first kappa shape index (κ1) is 19.8. The molecule has 0 bridgehead atoms. The van der Waals surface area contributed by atoms with Gasteiger partial charge in [0.05, 0.1) is 11.4 Å². The monoisotopic (exact) mass is 424 g/mol. The number of carbonyl (C=O) groups is 2. The number of carbonyl (C=O) groups excluding carboxylic acids is 2. The zero-order valence-electron chi connectivity index (χ0n) is 16.3. The van der Waals surface area contributed by atoms with Gasteiger partial charge in [-0.05, 0) is 41.5 Å². The molecule has 0 saturated carbocycles. The molecule has 0 radical (unpaired) electrons. The van der Waals surface area contributed by atoms with Crippen molar-refractivity contribution in [3.05, 3.63) is 75.8 Å². The summed E-state index contributed by atoms with van der Waals surface area (Å²) in [5.74, 6) is 0.224. The van der Waals surface area contributed by atoms with Crippen LogP contribution < -0.4 is 0 Å². The number of para-hydroxylation sites is 1. The minimum Gasteiger partial charge on any atom is -0.347 e. The fourth-order valence-corrected chi connectivity index (χ4v) is 4.53. The van der Waals surface area contributed by atoms with Crippen LogP contribution >= 0.6 is 23.4 Å². The van der Waals surface area contributed by atoms with Crippen LogP contribution in [-0.2, 0) is 17.9 Å². The predicted octanol–water partition coefficient (Wildman–Crippen LogP) is 6.19. The summed E-state index contributed by atoms with van der Waals surface area (Å²) in [5.41, 5.74) is 2.83. The van der Waals surface area contributed by atoms with E-state index >= 15 is 0 Å². The standard InChI is InChI=1S/C23H21ClN2O2S/c1-15(2)12-25-13-17(18-8-4-6-10-20(18)25)11-21-22(27)26(23(28)29-21)14-16-7-3-5-9-19(16)24/h3-11,13,15H,12,14H2,1-2H3/b21-11-. The number of hydrogen-bond acceptors (Lipinski definition) is 3. The van der Waals surface area contributed by atoms with Crippen LogP contribution in [0.4, 0.5) is 4.79 Å². The van der Waals surface area contributed by atoms with Crippen molar-refractivity contribution in [3.63, 3.8) is 0 Å². The van der Waals surface area contributed by atoms with Crippen molar-refractivity contribution in [2.45, 2.75) is 26.9 Å². The number of benzene rings is 2. The fraction of sp³-hybridized carbons (Fsp3) is 0.217. The summed E-state index contributed by atoms with van der Waals surface area (Å²) in [4.78, 5) is 27.1. The number of nitrogens with zero attached hydrogens (tertiary/aromatic N) is 2. The van der Waals surface area contributed by atoms with Crippen LogP contribution in [0.2, 0.25) is 5.02 Å². The van der Waals surface area contributed by atoms with Crippen LogP contribution in [0.15, 0.2) is 59.6 Å². The Morgan fingerprint density at radius 3 is 2.55 bits per heavy atom. The number of hydrogen-bond donors (Lipinski definition) is 0. The van der Waals surface area contributed by atoms with Gasteiger partial charge in [0, 0.05) is 34.2 Å². The smallest absolute Gasteiger partial charge is 0.293 e. The van der Waals surface area contributed by atoms with E-state index in [9.17, 15) is 9.59 Å². The summed E-state index contributed by atoms with van der Waals surface area (Å²) in [7, 11) is 0. The zero-order chi connectivity index (χ0) is 20.5. The maximum Gasteiger partial charge on any atom is 0.293 e. The van der Waals surface area contributed by atoms with E-state index in [4.69, 9.17) is 11.6 Å². The lowest BCUT2D eigenvalue weighted by molar-refractivity contribution is -0.123. The number of imide groups is 1. The van der Waals surface area contributed by atoms with Gasteiger partial charge in [0.25, 0.3) is 11.1 Å². The molecule has 2 amide bonds. The summed E-state index contributed by atoms with van der Waals surface area (Å²) in [6, 6.07) is 15.4. The van der Waals surface area contributed by atoms with Crippen molar-refractivity contribution in [1.29, 1.82) is 0 Å². The molecular weight excluding hydrogens is 404 g/mol. The van der Waals surface area contributed by atoms with Crippen LogP contribution in [0.5, 0.6) is 0 Å². The Balaban J connectivity index is 1.66. The Labute approximate surface area is 179 Å². The van der Waals surface area contributed by atoms with Gasteiger partial charge in [-0.2, -0.15) is 0 Å². The third-order valence-corrected chi connectivity index (χ3v) is 6.10. The summed E-state index contributed by atoms with van der Waals surface area (Å²) in [6.07, 6.45) is 3.89. The number of thioether (sulfide) groups is 1. The Morgan fingerprint density at radius 2 is 1.79 bits per heavy atom. The molecule has 1 aliphatic heterocycles. The van der Waals surface area contributed by atoms with E-state index in [1.54, 1.807) is 6.07 Å². The van der Waals surface area contributed by atoms with Gasteiger partial charge in [-0.15, -0.1) is 0 Å². The number of aromatic nitrogens is 1. The first-order valence-corrected chi connectivity index (χ1v) is 10.7. The van der Waals surface area contributed by atoms with E-state index in [-0.39, 0.29) is 17.7 Å². The van der Waals surface area contributed by atoms with Gasteiger partial charge >= 0.3 is 0 Å². The fourth-order valence-electron chi connectivity index (χ4n) is 3.51. The van der Waals surface area contributed by atoms with E-state index < -0.39 is 0 Å². The molecule has 0 unspecified atom stereocenters. The highest BCUT2D eigenvalue weighted by molar-refractivity contribution is 8.18. The van der Waals surface area contributed by atoms with Crippen molar-refractivity contribution in [2.24, 2.45) is 5.92 Å². The minimum absolute atomic E-state index is 0.177. The maximum absolute atomic E-state index is 12.9. The quantitative estimate of drug-likeness (QED) is 0.459. The van der Waals surface area contributed by atoms with E-state index in [1.165, 1.54) is 4.90 Å². The minimum atomic E-state index is -0.277. The molecule has 1 fully saturated rings. The van der Waals surface area contributed by atoms with Crippen LogP contribution in [0.3, 0.4) is 0 Å². The van der Waals surface area contributed by atoms with E-state index in [0.29, 0.717) is 15.8 Å². The molecule has 1 aliphatic rings. The third-order valence-electron chi connectivity index (χ3n) is 4.83. The lowest BCUT2D eigenvalue weighted by Crippen LogP contribution is -2.27. The second-order valence-electron chi connectivity index (χ2n) is 7.51. The average molecular weight is 425 g/mol. The molecular formula is C23H21ClN2O2S. The number of rotatable bonds is 5. The molecule has 0 atom stereocenters. The number of amides is 2. The number of halogens is 1. The van der Waals surface area contributed by atoms with Gasteiger partial charge < -0.3 is 4.57 Å². The lowest BCUT2D eigenvalue weighted by Gasteiger charge is -2.13. The van der Waals surface area contributed by atoms with E-state index in [2.05, 4.69) is 30.7 Å². The van der Waals surface area contributed by atoms with Gasteiger partial charge in [-0.3, -0.25) is 14.5 Å². The molecule has 2 aromatic carbocycles. The Kier molecular flexibility index (Phi) is 5.52. The second kappa shape index (κ2) is 8.09. The van der Waals surface area contributed by atoms with Crippen LogP contribution in [-0.4, -0.2) is 20.6 Å². The Hall–Kier alpha value is -2.50. The lowest BCUT2D eigenvalue weighted by atomic mass is 10.1. The Morgan fingerprint density at radius 1 is 1.07 bits per heavy atom. The maximum atomic E-state index is 12.9. The van der Waals surface area contributed by atoms with Crippen LogP contribution in [0.25, 0.3) is 17.0 Å². The Bertz CT molecular complexity index is 1130. The summed E-state index contributed by atoms with van der Waals surface area (Å²) < 4.78 is 2.21. The van der Waals surface area contributed by atoms with Gasteiger partial charge in [0.15, 0.2) is 0 Å². The second-order valence-corrected chi connectivity index (χ2v) is 8.91. The zero-order valence-corrected chi connectivity index (χ0v) is 17.8. The normalized spacial score (nSPS) is 16.0. The highest BCUT2D eigenvalue weighted by Gasteiger charge is 2.35. The topological polar surface area (TPSA) is 42.3 Å². The van der Waals surface area contributed by atoms with E-state index in [1.807, 2.05) is 42.5 Å². The molecule has 0 aliphatic carbocycles.